The molecule has 0 aliphatic heterocycles. The predicted molar refractivity (Wildman–Crippen MR) is 69.3 cm³/mol. The van der Waals surface area contributed by atoms with E-state index in [0.29, 0.717) is 12.0 Å². The number of hydrogen-bond donors (Lipinski definition) is 0. The number of oxazole rings is 1. The number of rotatable bonds is 4. The molecule has 1 unspecified atom stereocenters. The molecule has 1 aromatic heterocycles. The van der Waals surface area contributed by atoms with Crippen LogP contribution in [0.1, 0.15) is 24.8 Å². The third-order valence-corrected chi connectivity index (χ3v) is 3.18. The number of hydrogen-bond acceptors (Lipinski definition) is 4. The molecule has 19 heavy (non-hydrogen) atoms. The lowest BCUT2D eigenvalue weighted by atomic mass is 9.97. The fourth-order valence-electron chi connectivity index (χ4n) is 1.69. The van der Waals surface area contributed by atoms with Crippen LogP contribution in [0.5, 0.6) is 5.88 Å². The zero-order valence-corrected chi connectivity index (χ0v) is 11.7. The number of esters is 1. The van der Waals surface area contributed by atoms with Crippen molar-refractivity contribution in [1.82, 2.24) is 4.98 Å². The standard InChI is InChI=1S/C13H11BrFNO3/c1-2-10(8-3-5-9(15)6-4-8)13(17)19-12-11(14)18-7-16-12/h3-7,10H,2H2,1H3. The number of carbonyl (C=O) groups excluding carboxylic acids is 1. The third kappa shape index (κ3) is 3.20. The first-order valence-corrected chi connectivity index (χ1v) is 6.47. The molecule has 1 atom stereocenters. The number of benzene rings is 1. The molecule has 0 bridgehead atoms. The molecule has 2 aromatic rings. The molecule has 0 spiro atoms. The van der Waals surface area contributed by atoms with Gasteiger partial charge in [0.15, 0.2) is 6.39 Å². The van der Waals surface area contributed by atoms with E-state index in [2.05, 4.69) is 20.9 Å². The molecule has 0 saturated carbocycles. The maximum Gasteiger partial charge on any atom is 0.320 e. The highest BCUT2D eigenvalue weighted by atomic mass is 79.9. The Labute approximate surface area is 117 Å². The molecule has 0 fully saturated rings. The quantitative estimate of drug-likeness (QED) is 0.804. The summed E-state index contributed by atoms with van der Waals surface area (Å²) in [7, 11) is 0. The molecule has 0 saturated heterocycles. The molecule has 0 aliphatic carbocycles. The minimum absolute atomic E-state index is 0.0885. The normalized spacial score (nSPS) is 12.2. The van der Waals surface area contributed by atoms with Crippen molar-refractivity contribution in [2.75, 3.05) is 0 Å². The van der Waals surface area contributed by atoms with Gasteiger partial charge in [0.05, 0.1) is 5.92 Å². The highest BCUT2D eigenvalue weighted by Crippen LogP contribution is 2.26. The smallest absolute Gasteiger partial charge is 0.320 e. The Morgan fingerprint density at radius 3 is 2.68 bits per heavy atom. The van der Waals surface area contributed by atoms with Gasteiger partial charge in [0.1, 0.15) is 5.82 Å². The Bertz CT molecular complexity index is 568. The van der Waals surface area contributed by atoms with Crippen LogP contribution in [0.2, 0.25) is 0 Å². The van der Waals surface area contributed by atoms with Gasteiger partial charge < -0.3 is 9.15 Å². The molecule has 4 nitrogen and oxygen atoms in total. The van der Waals surface area contributed by atoms with E-state index in [-0.39, 0.29) is 16.4 Å². The summed E-state index contributed by atoms with van der Waals surface area (Å²) in [5, 5.41) is 0. The SMILES string of the molecule is CCC(C(=O)Oc1ncoc1Br)c1ccc(F)cc1. The number of carbonyl (C=O) groups is 1. The number of nitrogens with zero attached hydrogens (tertiary/aromatic N) is 1. The minimum atomic E-state index is -0.468. The topological polar surface area (TPSA) is 52.3 Å². The monoisotopic (exact) mass is 327 g/mol. The summed E-state index contributed by atoms with van der Waals surface area (Å²) in [4.78, 5) is 15.8. The second-order valence-corrected chi connectivity index (χ2v) is 4.58. The number of aromatic nitrogens is 1. The first-order chi connectivity index (χ1) is 9.11. The summed E-state index contributed by atoms with van der Waals surface area (Å²) >= 11 is 3.08. The van der Waals surface area contributed by atoms with Gasteiger partial charge in [-0.3, -0.25) is 4.79 Å². The van der Waals surface area contributed by atoms with E-state index >= 15 is 0 Å². The maximum absolute atomic E-state index is 12.9. The van der Waals surface area contributed by atoms with Gasteiger partial charge in [-0.15, -0.1) is 0 Å². The van der Waals surface area contributed by atoms with Gasteiger partial charge in [-0.2, -0.15) is 4.98 Å². The molecular weight excluding hydrogens is 317 g/mol. The summed E-state index contributed by atoms with van der Waals surface area (Å²) in [6, 6.07) is 5.78. The third-order valence-electron chi connectivity index (χ3n) is 2.66. The van der Waals surface area contributed by atoms with Crippen LogP contribution in [0.15, 0.2) is 39.7 Å². The Hall–Kier alpha value is -1.69. The van der Waals surface area contributed by atoms with Crippen LogP contribution in [0.25, 0.3) is 0 Å². The van der Waals surface area contributed by atoms with E-state index in [1.807, 2.05) is 6.92 Å². The predicted octanol–water partition coefficient (Wildman–Crippen LogP) is 3.68. The summed E-state index contributed by atoms with van der Waals surface area (Å²) < 4.78 is 23.1. The molecule has 2 rings (SSSR count). The molecule has 1 heterocycles. The first-order valence-electron chi connectivity index (χ1n) is 5.68. The van der Waals surface area contributed by atoms with Crippen molar-refractivity contribution in [3.8, 4) is 5.88 Å². The molecular formula is C13H11BrFNO3. The van der Waals surface area contributed by atoms with Gasteiger partial charge in [0.25, 0.3) is 5.88 Å². The van der Waals surface area contributed by atoms with Gasteiger partial charge >= 0.3 is 5.97 Å². The van der Waals surface area contributed by atoms with E-state index in [9.17, 15) is 9.18 Å². The molecule has 0 amide bonds. The fourth-order valence-corrected chi connectivity index (χ4v) is 1.95. The summed E-state index contributed by atoms with van der Waals surface area (Å²) in [6.45, 7) is 1.85. The summed E-state index contributed by atoms with van der Waals surface area (Å²) in [5.74, 6) is -1.18. The van der Waals surface area contributed by atoms with Crippen LogP contribution in [0.3, 0.4) is 0 Å². The van der Waals surface area contributed by atoms with Crippen molar-refractivity contribution in [2.24, 2.45) is 0 Å². The van der Waals surface area contributed by atoms with Crippen LogP contribution in [-0.2, 0) is 4.79 Å². The second kappa shape index (κ2) is 5.97. The lowest BCUT2D eigenvalue weighted by molar-refractivity contribution is -0.136. The molecule has 0 aliphatic rings. The second-order valence-electron chi connectivity index (χ2n) is 3.86. The van der Waals surface area contributed by atoms with Crippen LogP contribution >= 0.6 is 15.9 Å². The Balaban J connectivity index is 2.15. The van der Waals surface area contributed by atoms with Crippen LogP contribution in [0.4, 0.5) is 4.39 Å². The van der Waals surface area contributed by atoms with Crippen LogP contribution < -0.4 is 4.74 Å². The van der Waals surface area contributed by atoms with E-state index in [0.717, 1.165) is 0 Å². The fraction of sp³-hybridized carbons (Fsp3) is 0.231. The minimum Gasteiger partial charge on any atom is -0.433 e. The van der Waals surface area contributed by atoms with Crippen molar-refractivity contribution >= 4 is 21.9 Å². The zero-order valence-electron chi connectivity index (χ0n) is 10.1. The van der Waals surface area contributed by atoms with E-state index < -0.39 is 11.9 Å². The Morgan fingerprint density at radius 2 is 2.16 bits per heavy atom. The molecule has 0 N–H and O–H groups in total. The lowest BCUT2D eigenvalue weighted by Crippen LogP contribution is -2.18. The first kappa shape index (κ1) is 13.7. The van der Waals surface area contributed by atoms with E-state index in [1.165, 1.54) is 18.5 Å². The van der Waals surface area contributed by atoms with Crippen molar-refractivity contribution in [1.29, 1.82) is 0 Å². The summed E-state index contributed by atoms with van der Waals surface area (Å²) in [5.41, 5.74) is 0.702. The number of halogens is 2. The van der Waals surface area contributed by atoms with Crippen molar-refractivity contribution < 1.29 is 18.3 Å². The zero-order chi connectivity index (χ0) is 13.8. The van der Waals surface area contributed by atoms with E-state index in [4.69, 9.17) is 9.15 Å². The van der Waals surface area contributed by atoms with Gasteiger partial charge in [0, 0.05) is 0 Å². The highest BCUT2D eigenvalue weighted by molar-refractivity contribution is 9.10. The largest absolute Gasteiger partial charge is 0.433 e. The maximum atomic E-state index is 12.9. The lowest BCUT2D eigenvalue weighted by Gasteiger charge is -2.13. The van der Waals surface area contributed by atoms with Crippen molar-refractivity contribution in [3.05, 3.63) is 46.7 Å². The van der Waals surface area contributed by atoms with E-state index in [1.54, 1.807) is 12.1 Å². The average molecular weight is 328 g/mol. The Kier molecular flexibility index (Phi) is 4.31. The van der Waals surface area contributed by atoms with Crippen molar-refractivity contribution in [2.45, 2.75) is 19.3 Å². The van der Waals surface area contributed by atoms with Gasteiger partial charge in [0.2, 0.25) is 4.67 Å². The van der Waals surface area contributed by atoms with Gasteiger partial charge in [-0.25, -0.2) is 4.39 Å². The van der Waals surface area contributed by atoms with Crippen LogP contribution in [-0.4, -0.2) is 11.0 Å². The highest BCUT2D eigenvalue weighted by Gasteiger charge is 2.23. The molecule has 6 heteroatoms. The van der Waals surface area contributed by atoms with Gasteiger partial charge in [-0.05, 0) is 40.0 Å². The molecule has 100 valence electrons. The van der Waals surface area contributed by atoms with Gasteiger partial charge in [-0.1, -0.05) is 19.1 Å². The Morgan fingerprint density at radius 1 is 1.47 bits per heavy atom. The van der Waals surface area contributed by atoms with Crippen LogP contribution in [0, 0.1) is 5.82 Å². The summed E-state index contributed by atoms with van der Waals surface area (Å²) in [6.07, 6.45) is 1.71. The van der Waals surface area contributed by atoms with Crippen molar-refractivity contribution in [3.63, 3.8) is 0 Å². The average Bonchev–Trinajstić information content (AvgIpc) is 2.78. The molecule has 0 radical (unpaired) electrons. The number of ether oxygens (including phenoxy) is 1. The molecule has 1 aromatic carbocycles.